The average Bonchev–Trinajstić information content (AvgIpc) is 3.54. The number of carbonyl (C=O) groups excluding carboxylic acids is 1. The van der Waals surface area contributed by atoms with Crippen molar-refractivity contribution in [3.05, 3.63) is 102 Å². The molecule has 38 heavy (non-hydrogen) atoms. The van der Waals surface area contributed by atoms with Gasteiger partial charge in [0.15, 0.2) is 5.11 Å². The van der Waals surface area contributed by atoms with Crippen LogP contribution in [0.2, 0.25) is 0 Å². The van der Waals surface area contributed by atoms with Crippen LogP contribution in [-0.2, 0) is 4.79 Å². The molecule has 1 aliphatic rings. The quantitative estimate of drug-likeness (QED) is 0.290. The highest BCUT2D eigenvalue weighted by atomic mass is 32.1. The minimum absolute atomic E-state index is 0.0107. The molecule has 0 saturated carbocycles. The van der Waals surface area contributed by atoms with E-state index in [2.05, 4.69) is 49.5 Å². The van der Waals surface area contributed by atoms with Gasteiger partial charge in [0.05, 0.1) is 18.8 Å². The Balaban J connectivity index is 1.60. The lowest BCUT2D eigenvalue weighted by Crippen LogP contribution is -2.30. The van der Waals surface area contributed by atoms with E-state index >= 15 is 0 Å². The molecule has 1 amide bonds. The van der Waals surface area contributed by atoms with Crippen molar-refractivity contribution in [2.45, 2.75) is 32.9 Å². The third-order valence-corrected chi connectivity index (χ3v) is 7.10. The Bertz CT molecular complexity index is 1470. The van der Waals surface area contributed by atoms with Crippen LogP contribution in [0, 0.1) is 12.8 Å². The van der Waals surface area contributed by atoms with Crippen molar-refractivity contribution in [2.75, 3.05) is 17.3 Å². The number of pyridine rings is 1. The number of ether oxygens (including phenoxy) is 1. The Kier molecular flexibility index (Phi) is 7.15. The summed E-state index contributed by atoms with van der Waals surface area (Å²) in [5.41, 5.74) is 5.63. The van der Waals surface area contributed by atoms with Crippen LogP contribution < -0.4 is 20.3 Å². The highest BCUT2D eigenvalue weighted by Crippen LogP contribution is 2.43. The monoisotopic (exact) mass is 525 g/mol. The molecule has 2 aromatic heterocycles. The number of hydrogen-bond acceptors (Lipinski definition) is 4. The highest BCUT2D eigenvalue weighted by molar-refractivity contribution is 7.80. The molecule has 0 radical (unpaired) electrons. The van der Waals surface area contributed by atoms with Gasteiger partial charge >= 0.3 is 0 Å². The van der Waals surface area contributed by atoms with Gasteiger partial charge in [-0.25, -0.2) is 0 Å². The van der Waals surface area contributed by atoms with Crippen molar-refractivity contribution in [2.24, 2.45) is 5.92 Å². The molecular weight excluding hydrogens is 494 g/mol. The van der Waals surface area contributed by atoms with E-state index in [9.17, 15) is 4.79 Å². The van der Waals surface area contributed by atoms with Gasteiger partial charge in [0.25, 0.3) is 0 Å². The molecule has 0 bridgehead atoms. The zero-order chi connectivity index (χ0) is 26.8. The first-order valence-electron chi connectivity index (χ1n) is 12.6. The van der Waals surface area contributed by atoms with Gasteiger partial charge in [-0.05, 0) is 79.3 Å². The molecule has 1 aliphatic heterocycles. The SMILES string of the molecule is COc1cccc(-n2cccc2[C@H]2[C@@H](c3ccccn3)NC(=S)N2c2ccc(NC(=O)C(C)C)c(C)c2)c1. The fourth-order valence-corrected chi connectivity index (χ4v) is 5.12. The first-order chi connectivity index (χ1) is 18.4. The number of benzene rings is 2. The molecule has 1 saturated heterocycles. The van der Waals surface area contributed by atoms with Crippen molar-refractivity contribution < 1.29 is 9.53 Å². The van der Waals surface area contributed by atoms with Crippen LogP contribution in [0.1, 0.15) is 42.9 Å². The third kappa shape index (κ3) is 4.87. The van der Waals surface area contributed by atoms with E-state index < -0.39 is 0 Å². The van der Waals surface area contributed by atoms with Gasteiger partial charge < -0.3 is 24.8 Å². The molecule has 194 valence electrons. The maximum Gasteiger partial charge on any atom is 0.226 e. The highest BCUT2D eigenvalue weighted by Gasteiger charge is 2.42. The van der Waals surface area contributed by atoms with E-state index in [0.717, 1.165) is 39.8 Å². The Morgan fingerprint density at radius 3 is 2.61 bits per heavy atom. The van der Waals surface area contributed by atoms with Crippen molar-refractivity contribution in [1.29, 1.82) is 0 Å². The van der Waals surface area contributed by atoms with Gasteiger partial charge in [0.2, 0.25) is 5.91 Å². The summed E-state index contributed by atoms with van der Waals surface area (Å²) in [6, 6.07) is 23.7. The maximum absolute atomic E-state index is 12.3. The summed E-state index contributed by atoms with van der Waals surface area (Å²) in [4.78, 5) is 19.1. The largest absolute Gasteiger partial charge is 0.497 e. The molecule has 7 nitrogen and oxygen atoms in total. The van der Waals surface area contributed by atoms with E-state index in [1.54, 1.807) is 13.3 Å². The number of nitrogens with zero attached hydrogens (tertiary/aromatic N) is 3. The summed E-state index contributed by atoms with van der Waals surface area (Å²) in [7, 11) is 1.67. The molecular formula is C30H31N5O2S. The van der Waals surface area contributed by atoms with Crippen molar-refractivity contribution in [3.63, 3.8) is 0 Å². The zero-order valence-corrected chi connectivity index (χ0v) is 22.7. The summed E-state index contributed by atoms with van der Waals surface area (Å²) in [5, 5.41) is 7.16. The molecule has 2 N–H and O–H groups in total. The van der Waals surface area contributed by atoms with Crippen molar-refractivity contribution in [1.82, 2.24) is 14.9 Å². The number of amides is 1. The Morgan fingerprint density at radius 1 is 1.05 bits per heavy atom. The van der Waals surface area contributed by atoms with Gasteiger partial charge in [0.1, 0.15) is 11.8 Å². The number of methoxy groups -OCH3 is 1. The minimum Gasteiger partial charge on any atom is -0.497 e. The lowest BCUT2D eigenvalue weighted by molar-refractivity contribution is -0.118. The number of nitrogens with one attached hydrogen (secondary N) is 2. The number of thiocarbonyl (C=S) groups is 1. The number of rotatable bonds is 7. The van der Waals surface area contributed by atoms with Crippen LogP contribution in [0.5, 0.6) is 5.75 Å². The fourth-order valence-electron chi connectivity index (χ4n) is 4.78. The van der Waals surface area contributed by atoms with Crippen molar-refractivity contribution >= 4 is 34.6 Å². The standard InChI is InChI=1S/C30H31N5O2S/c1-19(2)29(36)32-24-14-13-22(17-20(24)3)35-28(27(33-30(35)38)25-11-5-6-15-31-25)26-12-8-16-34(26)21-9-7-10-23(18-21)37-4/h5-19,27-28H,1-4H3,(H,32,36)(H,33,38)/t27-,28+/m1/s1. The van der Waals surface area contributed by atoms with Gasteiger partial charge in [0, 0.05) is 47.1 Å². The fraction of sp³-hybridized carbons (Fsp3) is 0.233. The molecule has 0 aliphatic carbocycles. The number of hydrogen-bond donors (Lipinski definition) is 2. The predicted octanol–water partition coefficient (Wildman–Crippen LogP) is 5.96. The molecule has 3 heterocycles. The van der Waals surface area contributed by atoms with Crippen molar-refractivity contribution in [3.8, 4) is 11.4 Å². The first-order valence-corrected chi connectivity index (χ1v) is 13.0. The first kappa shape index (κ1) is 25.5. The second-order valence-electron chi connectivity index (χ2n) is 9.64. The number of carbonyl (C=O) groups is 1. The molecule has 0 unspecified atom stereocenters. The summed E-state index contributed by atoms with van der Waals surface area (Å²) in [6.07, 6.45) is 3.85. The zero-order valence-electron chi connectivity index (χ0n) is 21.9. The van der Waals surface area contributed by atoms with Gasteiger partial charge in [-0.2, -0.15) is 0 Å². The Morgan fingerprint density at radius 2 is 1.89 bits per heavy atom. The molecule has 8 heteroatoms. The van der Waals surface area contributed by atoms with Crippen LogP contribution >= 0.6 is 12.2 Å². The lowest BCUT2D eigenvalue weighted by atomic mass is 10.00. The van der Waals surface area contributed by atoms with E-state index in [-0.39, 0.29) is 23.9 Å². The Hall–Kier alpha value is -4.17. The summed E-state index contributed by atoms with van der Waals surface area (Å²) >= 11 is 5.92. The van der Waals surface area contributed by atoms with Crippen LogP contribution in [0.15, 0.2) is 85.2 Å². The van der Waals surface area contributed by atoms with Gasteiger partial charge in [-0.15, -0.1) is 0 Å². The molecule has 2 aromatic carbocycles. The predicted molar refractivity (Wildman–Crippen MR) is 155 cm³/mol. The smallest absolute Gasteiger partial charge is 0.226 e. The number of aromatic nitrogens is 2. The Labute approximate surface area is 228 Å². The molecule has 5 rings (SSSR count). The van der Waals surface area contributed by atoms with Gasteiger partial charge in [-0.1, -0.05) is 26.0 Å². The normalized spacial score (nSPS) is 17.0. The van der Waals surface area contributed by atoms with Crippen LogP contribution in [0.4, 0.5) is 11.4 Å². The summed E-state index contributed by atoms with van der Waals surface area (Å²) < 4.78 is 7.65. The summed E-state index contributed by atoms with van der Waals surface area (Å²) in [5.74, 6) is 0.677. The van der Waals surface area contributed by atoms with Crippen LogP contribution in [-0.4, -0.2) is 27.7 Å². The third-order valence-electron chi connectivity index (χ3n) is 6.78. The second kappa shape index (κ2) is 10.7. The molecule has 2 atom stereocenters. The summed E-state index contributed by atoms with van der Waals surface area (Å²) in [6.45, 7) is 5.76. The van der Waals surface area contributed by atoms with E-state index in [1.165, 1.54) is 0 Å². The van der Waals surface area contributed by atoms with E-state index in [1.807, 2.05) is 75.4 Å². The van der Waals surface area contributed by atoms with E-state index in [4.69, 9.17) is 17.0 Å². The molecule has 0 spiro atoms. The molecule has 1 fully saturated rings. The minimum atomic E-state index is -0.186. The van der Waals surface area contributed by atoms with Gasteiger partial charge in [-0.3, -0.25) is 9.78 Å². The molecule has 4 aromatic rings. The lowest BCUT2D eigenvalue weighted by Gasteiger charge is -2.29. The van der Waals surface area contributed by atoms with Crippen LogP contribution in [0.3, 0.4) is 0 Å². The second-order valence-corrected chi connectivity index (χ2v) is 10.0. The number of aryl methyl sites for hydroxylation is 1. The van der Waals surface area contributed by atoms with Crippen LogP contribution in [0.25, 0.3) is 5.69 Å². The maximum atomic E-state index is 12.3. The topological polar surface area (TPSA) is 71.4 Å². The van der Waals surface area contributed by atoms with E-state index in [0.29, 0.717) is 5.11 Å². The number of anilines is 2. The average molecular weight is 526 g/mol.